The molecule has 0 aliphatic carbocycles. The van der Waals surface area contributed by atoms with E-state index in [0.717, 1.165) is 16.2 Å². The van der Waals surface area contributed by atoms with Crippen LogP contribution < -0.4 is 21.4 Å². The second-order valence-electron chi connectivity index (χ2n) is 5.46. The number of amides is 1. The predicted octanol–water partition coefficient (Wildman–Crippen LogP) is 1.92. The molecule has 0 saturated heterocycles. The van der Waals surface area contributed by atoms with Crippen molar-refractivity contribution in [1.82, 2.24) is 5.48 Å². The van der Waals surface area contributed by atoms with E-state index in [-0.39, 0.29) is 18.9 Å². The van der Waals surface area contributed by atoms with E-state index in [0.29, 0.717) is 17.7 Å². The summed E-state index contributed by atoms with van der Waals surface area (Å²) in [6, 6.07) is 8.24. The minimum Gasteiger partial charge on any atom is -0.396 e. The van der Waals surface area contributed by atoms with Gasteiger partial charge in [0.15, 0.2) is 0 Å². The van der Waals surface area contributed by atoms with Crippen molar-refractivity contribution < 1.29 is 19.1 Å². The van der Waals surface area contributed by atoms with Gasteiger partial charge in [0.2, 0.25) is 0 Å². The monoisotopic (exact) mass is 382 g/mol. The Labute approximate surface area is 150 Å². The highest BCUT2D eigenvalue weighted by molar-refractivity contribution is 7.36. The lowest BCUT2D eigenvalue weighted by molar-refractivity contribution is 0.0262. The lowest BCUT2D eigenvalue weighted by Gasteiger charge is -2.17. The number of halogens is 1. The zero-order valence-electron chi connectivity index (χ0n) is 13.8. The van der Waals surface area contributed by atoms with Crippen LogP contribution >= 0.6 is 18.5 Å². The molecule has 0 aliphatic rings. The average molecular weight is 382 g/mol. The molecule has 0 radical (unpaired) electrons. The molecule has 2 rings (SSSR count). The van der Waals surface area contributed by atoms with Crippen molar-refractivity contribution in [1.29, 1.82) is 0 Å². The molecule has 0 aliphatic heterocycles. The number of benzene rings is 2. The molecule has 2 aromatic carbocycles. The maximum Gasteiger partial charge on any atom is 0.276 e. The highest BCUT2D eigenvalue weighted by Gasteiger charge is 2.17. The number of rotatable bonds is 7. The molecule has 25 heavy (non-hydrogen) atoms. The summed E-state index contributed by atoms with van der Waals surface area (Å²) < 4.78 is 14.2. The van der Waals surface area contributed by atoms with Gasteiger partial charge >= 0.3 is 0 Å². The molecule has 0 aromatic heterocycles. The van der Waals surface area contributed by atoms with Crippen LogP contribution in [0.5, 0.6) is 0 Å². The van der Waals surface area contributed by atoms with Crippen molar-refractivity contribution in [3.05, 3.63) is 47.3 Å². The van der Waals surface area contributed by atoms with E-state index in [9.17, 15) is 9.18 Å². The fourth-order valence-corrected chi connectivity index (χ4v) is 2.69. The van der Waals surface area contributed by atoms with Crippen molar-refractivity contribution in [2.45, 2.75) is 13.3 Å². The molecule has 0 spiro atoms. The van der Waals surface area contributed by atoms with Crippen LogP contribution in [0.4, 0.5) is 15.8 Å². The Morgan fingerprint density at radius 1 is 1.28 bits per heavy atom. The van der Waals surface area contributed by atoms with E-state index in [1.807, 2.05) is 0 Å². The summed E-state index contributed by atoms with van der Waals surface area (Å²) in [5.74, 6) is -0.856. The third-order valence-electron chi connectivity index (χ3n) is 3.48. The molecule has 134 valence electrons. The first kappa shape index (κ1) is 19.7. The molecule has 2 atom stereocenters. The lowest BCUT2D eigenvalue weighted by atomic mass is 10.1. The molecular formula is C17H21FN2O3P2. The second-order valence-corrected chi connectivity index (χ2v) is 6.66. The SMILES string of the molecule is Cc1ccc(Nc2c(C(=O)NOCCCO)ccc(P)c2P)c(F)c1. The van der Waals surface area contributed by atoms with Crippen molar-refractivity contribution in [2.24, 2.45) is 0 Å². The van der Waals surface area contributed by atoms with Crippen LogP contribution in [-0.2, 0) is 4.84 Å². The molecule has 8 heteroatoms. The van der Waals surface area contributed by atoms with Gasteiger partial charge in [0, 0.05) is 11.9 Å². The number of carbonyl (C=O) groups excluding carboxylic acids is 1. The van der Waals surface area contributed by atoms with Gasteiger partial charge in [-0.2, -0.15) is 0 Å². The largest absolute Gasteiger partial charge is 0.396 e. The maximum absolute atomic E-state index is 14.2. The normalized spacial score (nSPS) is 10.6. The Kier molecular flexibility index (Phi) is 7.27. The number of aliphatic hydroxyl groups excluding tert-OH is 1. The summed E-state index contributed by atoms with van der Waals surface area (Å²) in [5, 5.41) is 13.3. The summed E-state index contributed by atoms with van der Waals surface area (Å²) >= 11 is 0. The first-order valence-corrected chi connectivity index (χ1v) is 8.83. The zero-order chi connectivity index (χ0) is 18.4. The average Bonchev–Trinajstić information content (AvgIpc) is 2.58. The summed E-state index contributed by atoms with van der Waals surface area (Å²) in [6.07, 6.45) is 0.416. The first-order chi connectivity index (χ1) is 11.9. The Balaban J connectivity index is 2.29. The van der Waals surface area contributed by atoms with Gasteiger partial charge in [-0.3, -0.25) is 9.63 Å². The Morgan fingerprint density at radius 3 is 2.72 bits per heavy atom. The van der Waals surface area contributed by atoms with Crippen molar-refractivity contribution in [3.8, 4) is 0 Å². The standard InChI is InChI=1S/C17H21FN2O3P2/c1-10-3-5-13(12(18)9-10)19-15-11(4-6-14(24)16(15)25)17(22)20-23-8-2-7-21/h3-6,9,19,21H,2,7-8,24-25H2,1H3,(H,20,22). The third-order valence-corrected chi connectivity index (χ3v) is 4.94. The quantitative estimate of drug-likeness (QED) is 0.389. The van der Waals surface area contributed by atoms with Crippen LogP contribution in [0.25, 0.3) is 0 Å². The van der Waals surface area contributed by atoms with Crippen molar-refractivity contribution in [2.75, 3.05) is 18.5 Å². The zero-order valence-corrected chi connectivity index (χ0v) is 16.1. The molecule has 1 amide bonds. The third kappa shape index (κ3) is 5.20. The van der Waals surface area contributed by atoms with E-state index in [4.69, 9.17) is 9.94 Å². The number of carbonyl (C=O) groups is 1. The van der Waals surface area contributed by atoms with Gasteiger partial charge in [0.1, 0.15) is 5.82 Å². The Bertz CT molecular complexity index is 772. The molecule has 2 aromatic rings. The van der Waals surface area contributed by atoms with Crippen LogP contribution in [0.15, 0.2) is 30.3 Å². The van der Waals surface area contributed by atoms with Crippen molar-refractivity contribution in [3.63, 3.8) is 0 Å². The number of anilines is 2. The number of nitrogens with one attached hydrogen (secondary N) is 2. The lowest BCUT2D eigenvalue weighted by Crippen LogP contribution is -2.28. The van der Waals surface area contributed by atoms with E-state index in [1.54, 1.807) is 31.2 Å². The molecule has 5 nitrogen and oxygen atoms in total. The molecule has 0 bridgehead atoms. The van der Waals surface area contributed by atoms with Gasteiger partial charge < -0.3 is 10.4 Å². The second kappa shape index (κ2) is 9.21. The molecule has 2 unspecified atom stereocenters. The number of aryl methyl sites for hydroxylation is 1. The van der Waals surface area contributed by atoms with E-state index in [1.165, 1.54) is 6.07 Å². The van der Waals surface area contributed by atoms with Crippen LogP contribution in [0.3, 0.4) is 0 Å². The fourth-order valence-electron chi connectivity index (χ4n) is 2.12. The van der Waals surface area contributed by atoms with Crippen LogP contribution in [-0.4, -0.2) is 24.2 Å². The number of hydrogen-bond donors (Lipinski definition) is 3. The molecule has 0 heterocycles. The molecule has 0 fully saturated rings. The van der Waals surface area contributed by atoms with Crippen LogP contribution in [0.2, 0.25) is 0 Å². The van der Waals surface area contributed by atoms with E-state index < -0.39 is 11.7 Å². The number of hydrogen-bond acceptors (Lipinski definition) is 4. The van der Waals surface area contributed by atoms with E-state index >= 15 is 0 Å². The predicted molar refractivity (Wildman–Crippen MR) is 105 cm³/mol. The topological polar surface area (TPSA) is 70.6 Å². The molecule has 0 saturated carbocycles. The summed E-state index contributed by atoms with van der Waals surface area (Å²) in [6.45, 7) is 1.99. The number of aliphatic hydroxyl groups is 1. The maximum atomic E-state index is 14.2. The van der Waals surface area contributed by atoms with Gasteiger partial charge in [-0.05, 0) is 42.4 Å². The summed E-state index contributed by atoms with van der Waals surface area (Å²) in [7, 11) is 5.12. The Hall–Kier alpha value is -1.58. The number of hydroxylamine groups is 1. The minimum absolute atomic E-state index is 0.0210. The van der Waals surface area contributed by atoms with Crippen LogP contribution in [0.1, 0.15) is 22.3 Å². The Morgan fingerprint density at radius 2 is 2.04 bits per heavy atom. The smallest absolute Gasteiger partial charge is 0.276 e. The van der Waals surface area contributed by atoms with Gasteiger partial charge in [-0.1, -0.05) is 12.1 Å². The highest BCUT2D eigenvalue weighted by Crippen LogP contribution is 2.24. The highest BCUT2D eigenvalue weighted by atomic mass is 31.0. The van der Waals surface area contributed by atoms with Crippen LogP contribution in [0, 0.1) is 12.7 Å². The first-order valence-electron chi connectivity index (χ1n) is 7.68. The molecule has 3 N–H and O–H groups in total. The van der Waals surface area contributed by atoms with E-state index in [2.05, 4.69) is 29.3 Å². The summed E-state index contributed by atoms with van der Waals surface area (Å²) in [4.78, 5) is 17.4. The molecular weight excluding hydrogens is 361 g/mol. The van der Waals surface area contributed by atoms with Gasteiger partial charge in [0.25, 0.3) is 5.91 Å². The van der Waals surface area contributed by atoms with Crippen molar-refractivity contribution >= 4 is 46.4 Å². The van der Waals surface area contributed by atoms with Gasteiger partial charge in [-0.25, -0.2) is 9.87 Å². The summed E-state index contributed by atoms with van der Waals surface area (Å²) in [5.41, 5.74) is 4.21. The fraction of sp³-hybridized carbons (Fsp3) is 0.235. The van der Waals surface area contributed by atoms with Gasteiger partial charge in [0.05, 0.1) is 23.5 Å². The minimum atomic E-state index is -0.457. The van der Waals surface area contributed by atoms with Gasteiger partial charge in [-0.15, -0.1) is 18.5 Å².